The van der Waals surface area contributed by atoms with Gasteiger partial charge >= 0.3 is 0 Å². The molecule has 0 saturated carbocycles. The van der Waals surface area contributed by atoms with Crippen LogP contribution < -0.4 is 11.5 Å². The van der Waals surface area contributed by atoms with Gasteiger partial charge in [-0.05, 0) is 58.0 Å². The molecule has 0 aliphatic carbocycles. The van der Waals surface area contributed by atoms with Gasteiger partial charge in [0.25, 0.3) is 0 Å². The summed E-state index contributed by atoms with van der Waals surface area (Å²) >= 11 is 0. The molecule has 0 aromatic heterocycles. The van der Waals surface area contributed by atoms with Crippen LogP contribution in [0.1, 0.15) is 110 Å². The van der Waals surface area contributed by atoms with E-state index in [4.69, 9.17) is 11.5 Å². The van der Waals surface area contributed by atoms with Gasteiger partial charge in [0.2, 0.25) is 5.91 Å². The highest BCUT2D eigenvalue weighted by molar-refractivity contribution is 5.76. The van der Waals surface area contributed by atoms with Gasteiger partial charge in [0.1, 0.15) is 0 Å². The van der Waals surface area contributed by atoms with E-state index in [2.05, 4.69) is 19.1 Å². The molecule has 28 heavy (non-hydrogen) atoms. The normalized spacial score (nSPS) is 11.4. The molecule has 166 valence electrons. The molecule has 0 aromatic rings. The molecule has 0 aromatic carbocycles. The summed E-state index contributed by atoms with van der Waals surface area (Å²) in [6, 6.07) is 0. The summed E-state index contributed by atoms with van der Waals surface area (Å²) in [7, 11) is 0. The van der Waals surface area contributed by atoms with Gasteiger partial charge in [-0.2, -0.15) is 0 Å². The van der Waals surface area contributed by atoms with Crippen molar-refractivity contribution in [3.05, 3.63) is 12.2 Å². The van der Waals surface area contributed by atoms with Gasteiger partial charge in [0.05, 0.1) is 0 Å². The zero-order chi connectivity index (χ0) is 20.7. The van der Waals surface area contributed by atoms with Gasteiger partial charge in [-0.15, -0.1) is 0 Å². The fourth-order valence-corrected chi connectivity index (χ4v) is 3.43. The van der Waals surface area contributed by atoms with Crippen LogP contribution in [0, 0.1) is 0 Å². The van der Waals surface area contributed by atoms with E-state index in [9.17, 15) is 4.79 Å². The van der Waals surface area contributed by atoms with Gasteiger partial charge in [-0.3, -0.25) is 4.79 Å². The molecule has 4 nitrogen and oxygen atoms in total. The molecule has 0 rings (SSSR count). The van der Waals surface area contributed by atoms with Gasteiger partial charge in [0.15, 0.2) is 0 Å². The van der Waals surface area contributed by atoms with E-state index in [0.29, 0.717) is 19.5 Å². The monoisotopic (exact) mass is 395 g/mol. The number of nitrogens with two attached hydrogens (primary N) is 2. The van der Waals surface area contributed by atoms with Crippen molar-refractivity contribution in [1.29, 1.82) is 0 Å². The molecule has 0 radical (unpaired) electrons. The first kappa shape index (κ1) is 27.1. The molecule has 4 heteroatoms. The van der Waals surface area contributed by atoms with E-state index < -0.39 is 0 Å². The lowest BCUT2D eigenvalue weighted by Crippen LogP contribution is -2.34. The highest BCUT2D eigenvalue weighted by atomic mass is 16.2. The van der Waals surface area contributed by atoms with Gasteiger partial charge in [-0.25, -0.2) is 0 Å². The van der Waals surface area contributed by atoms with E-state index in [1.54, 1.807) is 0 Å². The zero-order valence-corrected chi connectivity index (χ0v) is 18.8. The van der Waals surface area contributed by atoms with Crippen LogP contribution in [-0.2, 0) is 4.79 Å². The molecule has 0 aliphatic heterocycles. The average molecular weight is 396 g/mol. The van der Waals surface area contributed by atoms with Crippen LogP contribution in [0.3, 0.4) is 0 Å². The third-order valence-electron chi connectivity index (χ3n) is 5.27. The molecule has 0 spiro atoms. The van der Waals surface area contributed by atoms with Crippen molar-refractivity contribution in [3.63, 3.8) is 0 Å². The van der Waals surface area contributed by atoms with Crippen LogP contribution in [0.2, 0.25) is 0 Å². The second-order valence-corrected chi connectivity index (χ2v) is 8.00. The molecular formula is C24H49N3O. The average Bonchev–Trinajstić information content (AvgIpc) is 2.70. The lowest BCUT2D eigenvalue weighted by molar-refractivity contribution is -0.131. The fraction of sp³-hybridized carbons (Fsp3) is 0.875. The number of unbranched alkanes of at least 4 members (excludes halogenated alkanes) is 11. The van der Waals surface area contributed by atoms with Crippen molar-refractivity contribution < 1.29 is 4.79 Å². The Labute approximate surface area is 175 Å². The van der Waals surface area contributed by atoms with E-state index in [-0.39, 0.29) is 5.91 Å². The molecule has 0 aliphatic rings. The maximum absolute atomic E-state index is 12.3. The third-order valence-corrected chi connectivity index (χ3v) is 5.27. The Hall–Kier alpha value is -0.870. The van der Waals surface area contributed by atoms with Gasteiger partial charge in [0, 0.05) is 19.5 Å². The summed E-state index contributed by atoms with van der Waals surface area (Å²) in [5, 5.41) is 0. The number of hydrogen-bond acceptors (Lipinski definition) is 3. The Morgan fingerprint density at radius 1 is 0.679 bits per heavy atom. The van der Waals surface area contributed by atoms with Crippen LogP contribution >= 0.6 is 0 Å². The SMILES string of the molecule is CCCCCCCC/C=C\CCCCCCCC(=O)N(CCCN)CCCN. The van der Waals surface area contributed by atoms with Crippen molar-refractivity contribution in [2.24, 2.45) is 11.5 Å². The number of nitrogens with zero attached hydrogens (tertiary/aromatic N) is 1. The number of hydrogen-bond donors (Lipinski definition) is 2. The first-order chi connectivity index (χ1) is 13.8. The summed E-state index contributed by atoms with van der Waals surface area (Å²) in [5.74, 6) is 0.277. The molecule has 0 bridgehead atoms. The number of allylic oxidation sites excluding steroid dienone is 2. The topological polar surface area (TPSA) is 72.3 Å². The number of carbonyl (C=O) groups excluding carboxylic acids is 1. The predicted octanol–water partition coefficient (Wildman–Crippen LogP) is 5.55. The van der Waals surface area contributed by atoms with Crippen LogP contribution in [0.4, 0.5) is 0 Å². The zero-order valence-electron chi connectivity index (χ0n) is 18.8. The maximum atomic E-state index is 12.3. The predicted molar refractivity (Wildman–Crippen MR) is 123 cm³/mol. The maximum Gasteiger partial charge on any atom is 0.222 e. The summed E-state index contributed by atoms with van der Waals surface area (Å²) in [4.78, 5) is 14.3. The Bertz CT molecular complexity index is 350. The van der Waals surface area contributed by atoms with Crippen molar-refractivity contribution >= 4 is 5.91 Å². The van der Waals surface area contributed by atoms with E-state index >= 15 is 0 Å². The van der Waals surface area contributed by atoms with Crippen molar-refractivity contribution in [2.75, 3.05) is 26.2 Å². The van der Waals surface area contributed by atoms with E-state index in [0.717, 1.165) is 38.8 Å². The summed E-state index contributed by atoms with van der Waals surface area (Å²) < 4.78 is 0. The van der Waals surface area contributed by atoms with E-state index in [1.807, 2.05) is 4.90 Å². The number of amides is 1. The smallest absolute Gasteiger partial charge is 0.222 e. The second kappa shape index (κ2) is 22.4. The van der Waals surface area contributed by atoms with Crippen LogP contribution in [0.5, 0.6) is 0 Å². The number of carbonyl (C=O) groups is 1. The van der Waals surface area contributed by atoms with Crippen LogP contribution in [0.25, 0.3) is 0 Å². The minimum atomic E-state index is 0.277. The molecule has 0 unspecified atom stereocenters. The molecule has 0 saturated heterocycles. The summed E-state index contributed by atoms with van der Waals surface area (Å²) in [6.45, 7) is 5.10. The molecule has 1 amide bonds. The first-order valence-electron chi connectivity index (χ1n) is 12.1. The minimum absolute atomic E-state index is 0.277. The Balaban J connectivity index is 3.51. The second-order valence-electron chi connectivity index (χ2n) is 8.00. The molecule has 4 N–H and O–H groups in total. The van der Waals surface area contributed by atoms with Gasteiger partial charge < -0.3 is 16.4 Å². The van der Waals surface area contributed by atoms with E-state index in [1.165, 1.54) is 70.6 Å². The quantitative estimate of drug-likeness (QED) is 0.198. The van der Waals surface area contributed by atoms with Crippen molar-refractivity contribution in [1.82, 2.24) is 4.90 Å². The lowest BCUT2D eigenvalue weighted by atomic mass is 10.1. The standard InChI is InChI=1S/C24H49N3O/c1-2-3-4-5-6-7-8-9-10-11-12-13-14-15-16-19-24(28)27(22-17-20-25)23-18-21-26/h9-10H,2-8,11-23,25-26H2,1H3/b10-9-. The van der Waals surface area contributed by atoms with Gasteiger partial charge in [-0.1, -0.05) is 70.4 Å². The largest absolute Gasteiger partial charge is 0.343 e. The minimum Gasteiger partial charge on any atom is -0.343 e. The summed E-state index contributed by atoms with van der Waals surface area (Å²) in [5.41, 5.74) is 11.1. The summed E-state index contributed by atoms with van der Waals surface area (Å²) in [6.07, 6.45) is 23.9. The molecular weight excluding hydrogens is 346 g/mol. The Morgan fingerprint density at radius 2 is 1.14 bits per heavy atom. The lowest BCUT2D eigenvalue weighted by Gasteiger charge is -2.22. The van der Waals surface area contributed by atoms with Crippen molar-refractivity contribution in [3.8, 4) is 0 Å². The highest BCUT2D eigenvalue weighted by Gasteiger charge is 2.11. The van der Waals surface area contributed by atoms with Crippen molar-refractivity contribution in [2.45, 2.75) is 110 Å². The van der Waals surface area contributed by atoms with Crippen LogP contribution in [0.15, 0.2) is 12.2 Å². The third kappa shape index (κ3) is 18.5. The Kier molecular flexibility index (Phi) is 21.7. The number of rotatable bonds is 21. The highest BCUT2D eigenvalue weighted by Crippen LogP contribution is 2.11. The first-order valence-corrected chi connectivity index (χ1v) is 12.1. The molecule has 0 atom stereocenters. The fourth-order valence-electron chi connectivity index (χ4n) is 3.43. The Morgan fingerprint density at radius 3 is 1.64 bits per heavy atom. The molecule has 0 fully saturated rings. The van der Waals surface area contributed by atoms with Crippen LogP contribution in [-0.4, -0.2) is 37.0 Å². The molecule has 0 heterocycles.